The minimum absolute atomic E-state index is 0. The fourth-order valence-electron chi connectivity index (χ4n) is 3.77. The Bertz CT molecular complexity index is 540. The van der Waals surface area contributed by atoms with Gasteiger partial charge in [0.2, 0.25) is 5.91 Å². The average molecular weight is 418 g/mol. The lowest BCUT2D eigenvalue weighted by Gasteiger charge is -2.18. The van der Waals surface area contributed by atoms with Crippen molar-refractivity contribution in [2.24, 2.45) is 17.6 Å². The maximum atomic E-state index is 12.3. The SMILES string of the molecule is Cl.NC1CCC2CN(C(=O)CCCCOc3ccc(Br)cc3)CC12. The number of hydrogen-bond donors (Lipinski definition) is 1. The van der Waals surface area contributed by atoms with E-state index in [0.717, 1.165) is 42.6 Å². The third-order valence-corrected chi connectivity index (χ3v) is 5.66. The first-order chi connectivity index (χ1) is 11.1. The van der Waals surface area contributed by atoms with Crippen molar-refractivity contribution in [3.05, 3.63) is 28.7 Å². The van der Waals surface area contributed by atoms with Gasteiger partial charge in [-0.3, -0.25) is 4.79 Å². The van der Waals surface area contributed by atoms with Gasteiger partial charge in [0.05, 0.1) is 6.61 Å². The molecule has 1 saturated heterocycles. The van der Waals surface area contributed by atoms with Gasteiger partial charge in [-0.1, -0.05) is 15.9 Å². The van der Waals surface area contributed by atoms with Gasteiger partial charge in [-0.25, -0.2) is 0 Å². The highest BCUT2D eigenvalue weighted by molar-refractivity contribution is 9.10. The number of halogens is 2. The van der Waals surface area contributed by atoms with Crippen LogP contribution in [-0.4, -0.2) is 36.5 Å². The summed E-state index contributed by atoms with van der Waals surface area (Å²) >= 11 is 3.40. The van der Waals surface area contributed by atoms with Crippen LogP contribution >= 0.6 is 28.3 Å². The van der Waals surface area contributed by atoms with Gasteiger partial charge in [0, 0.05) is 30.0 Å². The number of nitrogens with zero attached hydrogens (tertiary/aromatic N) is 1. The lowest BCUT2D eigenvalue weighted by Crippen LogP contribution is -2.33. The topological polar surface area (TPSA) is 55.6 Å². The Morgan fingerprint density at radius 1 is 1.21 bits per heavy atom. The standard InChI is InChI=1S/C18H25BrN2O2.ClH/c19-14-5-7-15(8-6-14)23-10-2-1-3-18(22)21-11-13-4-9-17(20)16(13)12-21;/h5-8,13,16-17H,1-4,9-12,20H2;1H. The Hall–Kier alpha value is -0.780. The summed E-state index contributed by atoms with van der Waals surface area (Å²) in [6, 6.07) is 8.13. The number of likely N-dealkylation sites (tertiary alicyclic amines) is 1. The summed E-state index contributed by atoms with van der Waals surface area (Å²) in [5.74, 6) is 2.35. The first kappa shape index (κ1) is 19.5. The molecular formula is C18H26BrClN2O2. The van der Waals surface area contributed by atoms with E-state index in [1.165, 1.54) is 6.42 Å². The molecule has 1 aliphatic carbocycles. The maximum absolute atomic E-state index is 12.3. The molecule has 3 atom stereocenters. The number of benzene rings is 1. The summed E-state index contributed by atoms with van der Waals surface area (Å²) in [6.07, 6.45) is 4.73. The zero-order chi connectivity index (χ0) is 16.2. The van der Waals surface area contributed by atoms with Crippen molar-refractivity contribution in [3.63, 3.8) is 0 Å². The van der Waals surface area contributed by atoms with Crippen LogP contribution in [0, 0.1) is 11.8 Å². The van der Waals surface area contributed by atoms with E-state index < -0.39 is 0 Å². The highest BCUT2D eigenvalue weighted by atomic mass is 79.9. The fraction of sp³-hybridized carbons (Fsp3) is 0.611. The van der Waals surface area contributed by atoms with Crippen LogP contribution in [0.5, 0.6) is 5.75 Å². The lowest BCUT2D eigenvalue weighted by atomic mass is 9.98. The Morgan fingerprint density at radius 2 is 1.96 bits per heavy atom. The monoisotopic (exact) mass is 416 g/mol. The van der Waals surface area contributed by atoms with E-state index >= 15 is 0 Å². The number of unbranched alkanes of at least 4 members (excludes halogenated alkanes) is 1. The number of ether oxygens (including phenoxy) is 1. The molecule has 0 aromatic heterocycles. The normalized spacial score (nSPS) is 25.2. The quantitative estimate of drug-likeness (QED) is 0.719. The summed E-state index contributed by atoms with van der Waals surface area (Å²) < 4.78 is 6.73. The molecule has 134 valence electrons. The van der Waals surface area contributed by atoms with Crippen LogP contribution in [0.4, 0.5) is 0 Å². The molecule has 24 heavy (non-hydrogen) atoms. The van der Waals surface area contributed by atoms with E-state index in [2.05, 4.69) is 15.9 Å². The third kappa shape index (κ3) is 4.87. The van der Waals surface area contributed by atoms with Crippen LogP contribution in [0.1, 0.15) is 32.1 Å². The first-order valence-corrected chi connectivity index (χ1v) is 9.34. The molecular weight excluding hydrogens is 392 g/mol. The average Bonchev–Trinajstić information content (AvgIpc) is 3.11. The summed E-state index contributed by atoms with van der Waals surface area (Å²) in [5, 5.41) is 0. The predicted molar refractivity (Wildman–Crippen MR) is 102 cm³/mol. The second-order valence-corrected chi connectivity index (χ2v) is 7.64. The van der Waals surface area contributed by atoms with Gasteiger partial charge in [-0.15, -0.1) is 12.4 Å². The Balaban J connectivity index is 0.00000208. The Morgan fingerprint density at radius 3 is 2.67 bits per heavy atom. The van der Waals surface area contributed by atoms with E-state index in [0.29, 0.717) is 30.9 Å². The van der Waals surface area contributed by atoms with E-state index in [1.54, 1.807) is 0 Å². The zero-order valence-electron chi connectivity index (χ0n) is 13.8. The molecule has 1 aliphatic heterocycles. The number of rotatable bonds is 6. The predicted octanol–water partition coefficient (Wildman–Crippen LogP) is 3.62. The van der Waals surface area contributed by atoms with Gasteiger partial charge >= 0.3 is 0 Å². The summed E-state index contributed by atoms with van der Waals surface area (Å²) in [5.41, 5.74) is 6.13. The molecule has 2 N–H and O–H groups in total. The number of carbonyl (C=O) groups is 1. The lowest BCUT2D eigenvalue weighted by molar-refractivity contribution is -0.130. The molecule has 2 fully saturated rings. The molecule has 1 saturated carbocycles. The number of hydrogen-bond acceptors (Lipinski definition) is 3. The molecule has 4 nitrogen and oxygen atoms in total. The highest BCUT2D eigenvalue weighted by Crippen LogP contribution is 2.37. The van der Waals surface area contributed by atoms with Gasteiger partial charge in [-0.05, 0) is 61.8 Å². The van der Waals surface area contributed by atoms with Crippen molar-refractivity contribution in [2.75, 3.05) is 19.7 Å². The molecule has 3 rings (SSSR count). The van der Waals surface area contributed by atoms with Crippen LogP contribution in [0.25, 0.3) is 0 Å². The van der Waals surface area contributed by atoms with Gasteiger partial charge < -0.3 is 15.4 Å². The van der Waals surface area contributed by atoms with Crippen LogP contribution in [0.15, 0.2) is 28.7 Å². The Kier molecular flexibility index (Phi) is 7.38. The fourth-order valence-corrected chi connectivity index (χ4v) is 4.03. The smallest absolute Gasteiger partial charge is 0.222 e. The molecule has 0 radical (unpaired) electrons. The Labute approximate surface area is 158 Å². The summed E-state index contributed by atoms with van der Waals surface area (Å²) in [7, 11) is 0. The zero-order valence-corrected chi connectivity index (χ0v) is 16.2. The third-order valence-electron chi connectivity index (χ3n) is 5.13. The molecule has 6 heteroatoms. The number of carbonyl (C=O) groups excluding carboxylic acids is 1. The van der Waals surface area contributed by atoms with Gasteiger partial charge in [0.1, 0.15) is 5.75 Å². The molecule has 3 unspecified atom stereocenters. The van der Waals surface area contributed by atoms with E-state index in [-0.39, 0.29) is 18.3 Å². The first-order valence-electron chi connectivity index (χ1n) is 8.55. The van der Waals surface area contributed by atoms with Crippen molar-refractivity contribution in [1.82, 2.24) is 4.90 Å². The minimum atomic E-state index is 0. The van der Waals surface area contributed by atoms with Crippen molar-refractivity contribution in [1.29, 1.82) is 0 Å². The highest BCUT2D eigenvalue weighted by Gasteiger charge is 2.42. The largest absolute Gasteiger partial charge is 0.494 e. The number of fused-ring (bicyclic) bond motifs is 1. The molecule has 1 aromatic carbocycles. The maximum Gasteiger partial charge on any atom is 0.222 e. The van der Waals surface area contributed by atoms with Crippen molar-refractivity contribution in [3.8, 4) is 5.75 Å². The van der Waals surface area contributed by atoms with Crippen molar-refractivity contribution in [2.45, 2.75) is 38.1 Å². The van der Waals surface area contributed by atoms with E-state index in [4.69, 9.17) is 10.5 Å². The van der Waals surface area contributed by atoms with E-state index in [9.17, 15) is 4.79 Å². The number of nitrogens with two attached hydrogens (primary N) is 1. The van der Waals surface area contributed by atoms with Crippen LogP contribution in [0.3, 0.4) is 0 Å². The van der Waals surface area contributed by atoms with Crippen molar-refractivity contribution < 1.29 is 9.53 Å². The summed E-state index contributed by atoms with van der Waals surface area (Å²) in [6.45, 7) is 2.46. The van der Waals surface area contributed by atoms with Crippen LogP contribution in [0.2, 0.25) is 0 Å². The van der Waals surface area contributed by atoms with Crippen LogP contribution < -0.4 is 10.5 Å². The van der Waals surface area contributed by atoms with Crippen LogP contribution in [-0.2, 0) is 4.79 Å². The molecule has 1 aromatic rings. The number of amides is 1. The molecule has 0 spiro atoms. The van der Waals surface area contributed by atoms with Gasteiger partial charge in [0.15, 0.2) is 0 Å². The molecule has 0 bridgehead atoms. The second kappa shape index (κ2) is 9.07. The molecule has 1 heterocycles. The van der Waals surface area contributed by atoms with Crippen molar-refractivity contribution >= 4 is 34.2 Å². The van der Waals surface area contributed by atoms with E-state index in [1.807, 2.05) is 29.2 Å². The summed E-state index contributed by atoms with van der Waals surface area (Å²) in [4.78, 5) is 14.3. The van der Waals surface area contributed by atoms with Gasteiger partial charge in [-0.2, -0.15) is 0 Å². The second-order valence-electron chi connectivity index (χ2n) is 6.72. The minimum Gasteiger partial charge on any atom is -0.494 e. The van der Waals surface area contributed by atoms with Gasteiger partial charge in [0.25, 0.3) is 0 Å². The molecule has 1 amide bonds. The molecule has 2 aliphatic rings.